The molecule has 5 heteroatoms. The second-order valence-electron chi connectivity index (χ2n) is 1.50. The van der Waals surface area contributed by atoms with Gasteiger partial charge in [0.2, 0.25) is 0 Å². The summed E-state index contributed by atoms with van der Waals surface area (Å²) in [4.78, 5) is 0. The summed E-state index contributed by atoms with van der Waals surface area (Å²) in [7, 11) is 1.89. The first-order valence-electron chi connectivity index (χ1n) is 2.84. The number of rotatable bonds is 5. The molecule has 0 saturated carbocycles. The summed E-state index contributed by atoms with van der Waals surface area (Å²) in [6.07, 6.45) is 0. The van der Waals surface area contributed by atoms with Gasteiger partial charge in [-0.1, -0.05) is 0 Å². The molecule has 0 fully saturated rings. The van der Waals surface area contributed by atoms with Crippen LogP contribution in [0, 0.1) is 0 Å². The Bertz CT molecular complexity index is 42.6. The maximum absolute atomic E-state index is 5.17. The zero-order valence-electron chi connectivity index (χ0n) is 6.13. The third kappa shape index (κ3) is 15.8. The van der Waals surface area contributed by atoms with Gasteiger partial charge in [-0.3, -0.25) is 0 Å². The predicted molar refractivity (Wildman–Crippen MR) is 48.3 cm³/mol. The van der Waals surface area contributed by atoms with Gasteiger partial charge in [0, 0.05) is 13.1 Å². The molecule has 0 atom stereocenters. The summed E-state index contributed by atoms with van der Waals surface area (Å²) >= 11 is 0. The quantitative estimate of drug-likeness (QED) is 0.602. The van der Waals surface area contributed by atoms with Crippen LogP contribution >= 0.6 is 24.8 Å². The van der Waals surface area contributed by atoms with Crippen molar-refractivity contribution in [1.29, 1.82) is 0 Å². The van der Waals surface area contributed by atoms with Gasteiger partial charge in [-0.05, 0) is 7.05 Å². The van der Waals surface area contributed by atoms with Crippen LogP contribution < -0.4 is 11.1 Å². The van der Waals surface area contributed by atoms with Gasteiger partial charge in [-0.25, -0.2) is 0 Å². The summed E-state index contributed by atoms with van der Waals surface area (Å²) < 4.78 is 5.04. The topological polar surface area (TPSA) is 47.3 Å². The summed E-state index contributed by atoms with van der Waals surface area (Å²) in [6, 6.07) is 0. The second kappa shape index (κ2) is 16.2. The first kappa shape index (κ1) is 16.8. The molecule has 0 radical (unpaired) electrons. The maximum Gasteiger partial charge on any atom is 0.0591 e. The van der Waals surface area contributed by atoms with Crippen LogP contribution in [0.2, 0.25) is 0 Å². The molecule has 3 nitrogen and oxygen atoms in total. The number of nitrogens with one attached hydrogen (secondary N) is 1. The van der Waals surface area contributed by atoms with Crippen molar-refractivity contribution in [1.82, 2.24) is 5.32 Å². The minimum absolute atomic E-state index is 0. The molecule has 0 aliphatic rings. The molecule has 0 aliphatic heterocycles. The van der Waals surface area contributed by atoms with E-state index < -0.39 is 0 Å². The maximum atomic E-state index is 5.17. The first-order chi connectivity index (χ1) is 3.91. The molecule has 10 heavy (non-hydrogen) atoms. The minimum atomic E-state index is 0. The lowest BCUT2D eigenvalue weighted by atomic mass is 10.7. The van der Waals surface area contributed by atoms with Crippen molar-refractivity contribution in [2.75, 3.05) is 33.4 Å². The molecular weight excluding hydrogens is 175 g/mol. The molecule has 0 aromatic rings. The Balaban J connectivity index is -0.000000245. The van der Waals surface area contributed by atoms with Gasteiger partial charge in [0.25, 0.3) is 0 Å². The standard InChI is InChI=1S/C5H14N2O.2ClH/c1-7-3-5-8-4-2-6;;/h7H,2-6H2,1H3;2*1H. The van der Waals surface area contributed by atoms with E-state index in [2.05, 4.69) is 5.32 Å². The lowest BCUT2D eigenvalue weighted by molar-refractivity contribution is 0.145. The van der Waals surface area contributed by atoms with Crippen molar-refractivity contribution < 1.29 is 4.74 Å². The lowest BCUT2D eigenvalue weighted by Gasteiger charge is -1.98. The van der Waals surface area contributed by atoms with E-state index in [-0.39, 0.29) is 24.8 Å². The van der Waals surface area contributed by atoms with Gasteiger partial charge >= 0.3 is 0 Å². The predicted octanol–water partition coefficient (Wildman–Crippen LogP) is 0.0247. The molecule has 0 spiro atoms. The van der Waals surface area contributed by atoms with E-state index in [0.29, 0.717) is 13.2 Å². The fourth-order valence-corrected chi connectivity index (χ4v) is 0.360. The number of ether oxygens (including phenoxy) is 1. The van der Waals surface area contributed by atoms with Crippen molar-refractivity contribution in [2.24, 2.45) is 5.73 Å². The summed E-state index contributed by atoms with van der Waals surface area (Å²) in [5, 5.41) is 2.96. The van der Waals surface area contributed by atoms with Crippen LogP contribution in [0.4, 0.5) is 0 Å². The molecule has 0 bridgehead atoms. The lowest BCUT2D eigenvalue weighted by Crippen LogP contribution is -2.17. The Morgan fingerprint density at radius 2 is 1.90 bits per heavy atom. The van der Waals surface area contributed by atoms with E-state index in [4.69, 9.17) is 10.5 Å². The molecule has 0 unspecified atom stereocenters. The van der Waals surface area contributed by atoms with E-state index in [0.717, 1.165) is 13.2 Å². The van der Waals surface area contributed by atoms with Crippen molar-refractivity contribution in [3.8, 4) is 0 Å². The van der Waals surface area contributed by atoms with Gasteiger partial charge < -0.3 is 15.8 Å². The third-order valence-electron chi connectivity index (χ3n) is 0.759. The largest absolute Gasteiger partial charge is 0.379 e. The highest BCUT2D eigenvalue weighted by molar-refractivity contribution is 5.85. The van der Waals surface area contributed by atoms with E-state index in [1.807, 2.05) is 7.05 Å². The average molecular weight is 191 g/mol. The molecule has 0 amide bonds. The molecule has 3 N–H and O–H groups in total. The Kier molecular flexibility index (Phi) is 27.3. The smallest absolute Gasteiger partial charge is 0.0591 e. The van der Waals surface area contributed by atoms with Gasteiger partial charge in [0.05, 0.1) is 13.2 Å². The fraction of sp³-hybridized carbons (Fsp3) is 1.00. The van der Waals surface area contributed by atoms with E-state index in [9.17, 15) is 0 Å². The number of hydrogen-bond acceptors (Lipinski definition) is 3. The molecular formula is C5H16Cl2N2O. The number of likely N-dealkylation sites (N-methyl/N-ethyl adjacent to an activating group) is 1. The minimum Gasteiger partial charge on any atom is -0.379 e. The van der Waals surface area contributed by atoms with Crippen molar-refractivity contribution >= 4 is 24.8 Å². The summed E-state index contributed by atoms with van der Waals surface area (Å²) in [5.41, 5.74) is 5.17. The molecule has 0 heterocycles. The van der Waals surface area contributed by atoms with Crippen LogP contribution in [-0.4, -0.2) is 33.4 Å². The van der Waals surface area contributed by atoms with Crippen LogP contribution in [0.25, 0.3) is 0 Å². The van der Waals surface area contributed by atoms with E-state index in [1.165, 1.54) is 0 Å². The molecule has 0 rings (SSSR count). The summed E-state index contributed by atoms with van der Waals surface area (Å²) in [6.45, 7) is 2.94. The first-order valence-corrected chi connectivity index (χ1v) is 2.84. The molecule has 0 aliphatic carbocycles. The van der Waals surface area contributed by atoms with Crippen LogP contribution in [-0.2, 0) is 4.74 Å². The van der Waals surface area contributed by atoms with Crippen LogP contribution in [0.3, 0.4) is 0 Å². The molecule has 66 valence electrons. The van der Waals surface area contributed by atoms with Gasteiger partial charge in [0.1, 0.15) is 0 Å². The van der Waals surface area contributed by atoms with Crippen molar-refractivity contribution in [3.05, 3.63) is 0 Å². The Morgan fingerprint density at radius 1 is 1.30 bits per heavy atom. The molecule has 0 saturated heterocycles. The SMILES string of the molecule is CNCCOCCN.Cl.Cl. The van der Waals surface area contributed by atoms with E-state index in [1.54, 1.807) is 0 Å². The van der Waals surface area contributed by atoms with Crippen LogP contribution in [0.5, 0.6) is 0 Å². The average Bonchev–Trinajstić information content (AvgIpc) is 1.81. The van der Waals surface area contributed by atoms with E-state index >= 15 is 0 Å². The Morgan fingerprint density at radius 3 is 2.30 bits per heavy atom. The zero-order chi connectivity index (χ0) is 6.24. The number of hydrogen-bond donors (Lipinski definition) is 2. The highest BCUT2D eigenvalue weighted by Crippen LogP contribution is 1.67. The Labute approximate surface area is 74.5 Å². The number of halogens is 2. The normalized spacial score (nSPS) is 7.80. The molecule has 0 aromatic heterocycles. The van der Waals surface area contributed by atoms with Crippen molar-refractivity contribution in [2.45, 2.75) is 0 Å². The highest BCUT2D eigenvalue weighted by Gasteiger charge is 1.80. The zero-order valence-corrected chi connectivity index (χ0v) is 7.76. The van der Waals surface area contributed by atoms with Crippen LogP contribution in [0.1, 0.15) is 0 Å². The van der Waals surface area contributed by atoms with Gasteiger partial charge in [-0.15, -0.1) is 24.8 Å². The highest BCUT2D eigenvalue weighted by atomic mass is 35.5. The fourth-order valence-electron chi connectivity index (χ4n) is 0.360. The monoisotopic (exact) mass is 190 g/mol. The van der Waals surface area contributed by atoms with Gasteiger partial charge in [0.15, 0.2) is 0 Å². The second-order valence-corrected chi connectivity index (χ2v) is 1.50. The van der Waals surface area contributed by atoms with Crippen LogP contribution in [0.15, 0.2) is 0 Å². The third-order valence-corrected chi connectivity index (χ3v) is 0.759. The van der Waals surface area contributed by atoms with Gasteiger partial charge in [-0.2, -0.15) is 0 Å². The van der Waals surface area contributed by atoms with Crippen molar-refractivity contribution in [3.63, 3.8) is 0 Å². The summed E-state index contributed by atoms with van der Waals surface area (Å²) in [5.74, 6) is 0. The molecule has 0 aromatic carbocycles. The Hall–Kier alpha value is 0.460. The number of nitrogens with two attached hydrogens (primary N) is 1.